The number of hydrogen-bond acceptors (Lipinski definition) is 4. The van der Waals surface area contributed by atoms with Crippen molar-refractivity contribution in [2.45, 2.75) is 0 Å². The van der Waals surface area contributed by atoms with E-state index in [0.717, 1.165) is 0 Å². The van der Waals surface area contributed by atoms with E-state index in [-0.39, 0.29) is 0 Å². The van der Waals surface area contributed by atoms with Gasteiger partial charge in [0.25, 0.3) is 0 Å². The first kappa shape index (κ1) is 20.0. The third-order valence-corrected chi connectivity index (χ3v) is 7.72. The average molecular weight is 364 g/mol. The Hall–Kier alpha value is -1.29. The fourth-order valence-corrected chi connectivity index (χ4v) is 5.43. The first-order valence-corrected chi connectivity index (χ1v) is 11.1. The van der Waals surface area contributed by atoms with Crippen LogP contribution in [-0.4, -0.2) is 53.4 Å². The van der Waals surface area contributed by atoms with E-state index < -0.39 is 7.49 Å². The fourth-order valence-electron chi connectivity index (χ4n) is 2.61. The third kappa shape index (κ3) is 6.50. The number of methoxy groups -OCH3 is 1. The molecule has 0 radical (unpaired) electrons. The van der Waals surface area contributed by atoms with Gasteiger partial charge < -0.3 is 0 Å². The van der Waals surface area contributed by atoms with Crippen molar-refractivity contribution in [1.29, 1.82) is 0 Å². The Labute approximate surface area is 151 Å². The average Bonchev–Trinajstić information content (AvgIpc) is 2.68. The molecule has 0 spiro atoms. The van der Waals surface area contributed by atoms with Crippen molar-refractivity contribution in [3.63, 3.8) is 0 Å². The van der Waals surface area contributed by atoms with E-state index in [1.807, 2.05) is 12.1 Å². The molecule has 2 aromatic rings. The molecule has 0 aromatic heterocycles. The molecule has 2 rings (SSSR count). The maximum atomic E-state index is 6.40. The van der Waals surface area contributed by atoms with E-state index in [1.54, 1.807) is 7.11 Å². The predicted molar refractivity (Wildman–Crippen MR) is 106 cm³/mol. The number of hydrogen-bond donors (Lipinski definition) is 0. The number of benzene rings is 2. The van der Waals surface area contributed by atoms with Crippen molar-refractivity contribution < 1.29 is 18.7 Å². The Kier molecular flexibility index (Phi) is 9.09. The molecular weight excluding hydrogens is 335 g/mol. The van der Waals surface area contributed by atoms with Gasteiger partial charge in [-0.3, -0.25) is 0 Å². The van der Waals surface area contributed by atoms with E-state index >= 15 is 0 Å². The molecule has 0 amide bonds. The second-order valence-corrected chi connectivity index (χ2v) is 9.34. The van der Waals surface area contributed by atoms with Gasteiger partial charge in [-0.1, -0.05) is 0 Å². The summed E-state index contributed by atoms with van der Waals surface area (Å²) in [7, 11) is -0.551. The Morgan fingerprint density at radius 3 is 1.56 bits per heavy atom. The maximum absolute atomic E-state index is 6.40. The van der Waals surface area contributed by atoms with Gasteiger partial charge in [-0.15, -0.1) is 0 Å². The molecule has 0 atom stereocenters. The standard InChI is InChI=1S/C20H29O4P/c1-21-13-14-22-15-16-23-17-18-24-25(2,19-9-5-3-6-10-19)20-11-7-4-8-12-20/h3-12,25H,13-18H2,1-2H3. The summed E-state index contributed by atoms with van der Waals surface area (Å²) in [6.07, 6.45) is 0. The van der Waals surface area contributed by atoms with Crippen LogP contribution < -0.4 is 10.6 Å². The van der Waals surface area contributed by atoms with Crippen molar-refractivity contribution >= 4 is 18.1 Å². The van der Waals surface area contributed by atoms with Gasteiger partial charge in [-0.05, 0) is 0 Å². The van der Waals surface area contributed by atoms with Gasteiger partial charge in [0.15, 0.2) is 0 Å². The van der Waals surface area contributed by atoms with Crippen LogP contribution in [0.2, 0.25) is 0 Å². The summed E-state index contributed by atoms with van der Waals surface area (Å²) in [6, 6.07) is 21.0. The fraction of sp³-hybridized carbons (Fsp3) is 0.400. The molecule has 0 fully saturated rings. The van der Waals surface area contributed by atoms with Crippen molar-refractivity contribution in [2.24, 2.45) is 0 Å². The molecule has 0 unspecified atom stereocenters. The molecule has 0 N–H and O–H groups in total. The summed E-state index contributed by atoms with van der Waals surface area (Å²) in [5, 5.41) is 2.54. The van der Waals surface area contributed by atoms with Gasteiger partial charge in [-0.2, -0.15) is 0 Å². The Morgan fingerprint density at radius 1 is 0.640 bits per heavy atom. The molecule has 25 heavy (non-hydrogen) atoms. The van der Waals surface area contributed by atoms with E-state index in [1.165, 1.54) is 10.6 Å². The molecule has 5 heteroatoms. The van der Waals surface area contributed by atoms with Gasteiger partial charge in [0.2, 0.25) is 0 Å². The van der Waals surface area contributed by atoms with Crippen LogP contribution in [0.1, 0.15) is 0 Å². The Balaban J connectivity index is 1.84. The van der Waals surface area contributed by atoms with Crippen LogP contribution in [0.4, 0.5) is 0 Å². The summed E-state index contributed by atoms with van der Waals surface area (Å²) in [4.78, 5) is 0. The number of rotatable bonds is 12. The number of ether oxygens (including phenoxy) is 3. The van der Waals surface area contributed by atoms with Crippen molar-refractivity contribution in [3.05, 3.63) is 60.7 Å². The van der Waals surface area contributed by atoms with Crippen molar-refractivity contribution in [2.75, 3.05) is 53.4 Å². The normalized spacial score (nSPS) is 12.2. The molecular formula is C20H29O4P. The predicted octanol–water partition coefficient (Wildman–Crippen LogP) is 2.63. The zero-order chi connectivity index (χ0) is 17.8. The van der Waals surface area contributed by atoms with Gasteiger partial charge in [0.05, 0.1) is 0 Å². The SMILES string of the molecule is COCCOCCOCCO[PH](C)(c1ccccc1)c1ccccc1. The van der Waals surface area contributed by atoms with Crippen LogP contribution in [0.15, 0.2) is 60.7 Å². The minimum absolute atomic E-state index is 0.565. The molecule has 0 heterocycles. The van der Waals surface area contributed by atoms with Crippen LogP contribution in [0.5, 0.6) is 0 Å². The van der Waals surface area contributed by atoms with Crippen LogP contribution >= 0.6 is 7.49 Å². The first-order chi connectivity index (χ1) is 12.3. The van der Waals surface area contributed by atoms with Gasteiger partial charge >= 0.3 is 151 Å². The van der Waals surface area contributed by atoms with Gasteiger partial charge in [0, 0.05) is 0 Å². The molecule has 0 saturated carbocycles. The van der Waals surface area contributed by atoms with Gasteiger partial charge in [0.1, 0.15) is 0 Å². The summed E-state index contributed by atoms with van der Waals surface area (Å²) < 4.78 is 22.3. The van der Waals surface area contributed by atoms with E-state index in [9.17, 15) is 0 Å². The zero-order valence-corrected chi connectivity index (χ0v) is 16.1. The Morgan fingerprint density at radius 2 is 1.08 bits per heavy atom. The van der Waals surface area contributed by atoms with Crippen LogP contribution in [0, 0.1) is 0 Å². The zero-order valence-electron chi connectivity index (χ0n) is 15.1. The van der Waals surface area contributed by atoms with Crippen molar-refractivity contribution in [1.82, 2.24) is 0 Å². The third-order valence-electron chi connectivity index (χ3n) is 4.07. The quantitative estimate of drug-likeness (QED) is 0.429. The molecule has 4 nitrogen and oxygen atoms in total. The van der Waals surface area contributed by atoms with E-state index in [2.05, 4.69) is 55.2 Å². The molecule has 138 valence electrons. The first-order valence-electron chi connectivity index (χ1n) is 8.67. The minimum atomic E-state index is -2.22. The van der Waals surface area contributed by atoms with E-state index in [4.69, 9.17) is 18.7 Å². The monoisotopic (exact) mass is 364 g/mol. The second-order valence-electron chi connectivity index (χ2n) is 5.83. The van der Waals surface area contributed by atoms with E-state index in [0.29, 0.717) is 39.6 Å². The van der Waals surface area contributed by atoms with Crippen LogP contribution in [0.3, 0.4) is 0 Å². The molecule has 0 aliphatic rings. The van der Waals surface area contributed by atoms with Crippen LogP contribution in [-0.2, 0) is 18.7 Å². The summed E-state index contributed by atoms with van der Waals surface area (Å²) in [5.74, 6) is 0. The van der Waals surface area contributed by atoms with Crippen LogP contribution in [0.25, 0.3) is 0 Å². The Bertz CT molecular complexity index is 537. The molecule has 0 aliphatic carbocycles. The molecule has 0 aliphatic heterocycles. The molecule has 0 bridgehead atoms. The molecule has 0 saturated heterocycles. The van der Waals surface area contributed by atoms with Gasteiger partial charge in [-0.25, -0.2) is 0 Å². The molecule has 2 aromatic carbocycles. The summed E-state index contributed by atoms with van der Waals surface area (Å²) >= 11 is 0. The summed E-state index contributed by atoms with van der Waals surface area (Å²) in [5.41, 5.74) is 0. The van der Waals surface area contributed by atoms with Crippen molar-refractivity contribution in [3.8, 4) is 0 Å². The summed E-state index contributed by atoms with van der Waals surface area (Å²) in [6.45, 7) is 5.74. The topological polar surface area (TPSA) is 36.9 Å². The second kappa shape index (κ2) is 11.3.